The Hall–Kier alpha value is -2.88. The van der Waals surface area contributed by atoms with E-state index in [1.165, 1.54) is 11.1 Å². The molecule has 1 aliphatic heterocycles. The zero-order chi connectivity index (χ0) is 17.2. The van der Waals surface area contributed by atoms with Crippen LogP contribution in [0.1, 0.15) is 24.6 Å². The van der Waals surface area contributed by atoms with E-state index in [0.29, 0.717) is 13.0 Å². The van der Waals surface area contributed by atoms with E-state index in [-0.39, 0.29) is 5.91 Å². The van der Waals surface area contributed by atoms with Gasteiger partial charge in [0.1, 0.15) is 0 Å². The predicted molar refractivity (Wildman–Crippen MR) is 98.9 cm³/mol. The lowest BCUT2D eigenvalue weighted by Crippen LogP contribution is -2.35. The molecule has 0 fully saturated rings. The van der Waals surface area contributed by atoms with Gasteiger partial charge in [0.2, 0.25) is 5.91 Å². The van der Waals surface area contributed by atoms with E-state index >= 15 is 0 Å². The number of hydrogen-bond donors (Lipinski definition) is 1. The number of nitrogens with zero attached hydrogens (tertiary/aromatic N) is 2. The summed E-state index contributed by atoms with van der Waals surface area (Å²) in [6.45, 7) is 3.33. The average Bonchev–Trinajstić information content (AvgIpc) is 3.11. The van der Waals surface area contributed by atoms with Crippen LogP contribution in [0.5, 0.6) is 0 Å². The van der Waals surface area contributed by atoms with Gasteiger partial charge in [0, 0.05) is 42.8 Å². The van der Waals surface area contributed by atoms with Crippen molar-refractivity contribution in [2.24, 2.45) is 0 Å². The summed E-state index contributed by atoms with van der Waals surface area (Å²) in [6.07, 6.45) is 1.39. The summed E-state index contributed by atoms with van der Waals surface area (Å²) in [6, 6.07) is 18.8. The Kier molecular flexibility index (Phi) is 4.10. The number of hydrogen-bond acceptors (Lipinski definition) is 2. The molecule has 1 N–H and O–H groups in total. The Morgan fingerprint density at radius 2 is 1.72 bits per heavy atom. The number of fused-ring (bicyclic) bond motifs is 1. The number of H-pyrrole nitrogens is 1. The van der Waals surface area contributed by atoms with Gasteiger partial charge in [-0.05, 0) is 11.1 Å². The maximum absolute atomic E-state index is 12.0. The lowest BCUT2D eigenvalue weighted by molar-refractivity contribution is -0.131. The van der Waals surface area contributed by atoms with Gasteiger partial charge in [0.05, 0.1) is 5.69 Å². The van der Waals surface area contributed by atoms with Crippen LogP contribution < -0.4 is 0 Å². The number of nitrogens with one attached hydrogen (secondary N) is 1. The highest BCUT2D eigenvalue weighted by molar-refractivity contribution is 5.77. The van der Waals surface area contributed by atoms with E-state index in [1.807, 2.05) is 30.0 Å². The molecule has 4 heteroatoms. The van der Waals surface area contributed by atoms with Crippen LogP contribution in [0.3, 0.4) is 0 Å². The normalized spacial score (nSPS) is 13.6. The van der Waals surface area contributed by atoms with Crippen molar-refractivity contribution in [1.82, 2.24) is 15.1 Å². The van der Waals surface area contributed by atoms with Crippen LogP contribution in [0.4, 0.5) is 0 Å². The van der Waals surface area contributed by atoms with Gasteiger partial charge in [-0.1, -0.05) is 61.5 Å². The molecule has 126 valence electrons. The molecule has 0 bridgehead atoms. The van der Waals surface area contributed by atoms with Crippen LogP contribution in [-0.2, 0) is 17.8 Å². The van der Waals surface area contributed by atoms with Crippen molar-refractivity contribution < 1.29 is 4.79 Å². The first-order valence-corrected chi connectivity index (χ1v) is 8.76. The van der Waals surface area contributed by atoms with Gasteiger partial charge in [0.15, 0.2) is 0 Å². The molecule has 0 saturated carbocycles. The Balaban J connectivity index is 1.63. The van der Waals surface area contributed by atoms with Crippen LogP contribution in [0.2, 0.25) is 0 Å². The zero-order valence-corrected chi connectivity index (χ0v) is 14.3. The molecule has 0 spiro atoms. The van der Waals surface area contributed by atoms with Gasteiger partial charge in [-0.15, -0.1) is 0 Å². The van der Waals surface area contributed by atoms with Crippen LogP contribution >= 0.6 is 0 Å². The second-order valence-corrected chi connectivity index (χ2v) is 6.39. The summed E-state index contributed by atoms with van der Waals surface area (Å²) >= 11 is 0. The molecule has 25 heavy (non-hydrogen) atoms. The highest BCUT2D eigenvalue weighted by Crippen LogP contribution is 2.30. The molecule has 0 saturated heterocycles. The fourth-order valence-electron chi connectivity index (χ4n) is 3.42. The molecule has 2 aromatic carbocycles. The molecule has 1 aromatic heterocycles. The third-order valence-electron chi connectivity index (χ3n) is 4.85. The first kappa shape index (κ1) is 15.6. The Morgan fingerprint density at radius 3 is 2.44 bits per heavy atom. The highest BCUT2D eigenvalue weighted by atomic mass is 16.2. The summed E-state index contributed by atoms with van der Waals surface area (Å²) in [5.74, 6) is 0.206. The molecule has 3 aromatic rings. The van der Waals surface area contributed by atoms with Gasteiger partial charge in [-0.25, -0.2) is 0 Å². The van der Waals surface area contributed by atoms with E-state index in [1.54, 1.807) is 0 Å². The lowest BCUT2D eigenvalue weighted by Gasteiger charge is -2.26. The van der Waals surface area contributed by atoms with Crippen LogP contribution in [-0.4, -0.2) is 27.5 Å². The molecule has 0 radical (unpaired) electrons. The van der Waals surface area contributed by atoms with Crippen molar-refractivity contribution >= 4 is 5.91 Å². The summed E-state index contributed by atoms with van der Waals surface area (Å²) in [5.41, 5.74) is 6.75. The third-order valence-corrected chi connectivity index (χ3v) is 4.85. The number of rotatable bonds is 3. The minimum Gasteiger partial charge on any atom is -0.338 e. The zero-order valence-electron chi connectivity index (χ0n) is 14.3. The minimum absolute atomic E-state index is 0.206. The smallest absolute Gasteiger partial charge is 0.222 e. The maximum Gasteiger partial charge on any atom is 0.222 e. The first-order chi connectivity index (χ1) is 12.3. The minimum atomic E-state index is 0.206. The van der Waals surface area contributed by atoms with E-state index < -0.39 is 0 Å². The highest BCUT2D eigenvalue weighted by Gasteiger charge is 2.24. The van der Waals surface area contributed by atoms with E-state index in [0.717, 1.165) is 35.5 Å². The predicted octanol–water partition coefficient (Wildman–Crippen LogP) is 4.04. The summed E-state index contributed by atoms with van der Waals surface area (Å²) < 4.78 is 0. The second-order valence-electron chi connectivity index (χ2n) is 6.39. The summed E-state index contributed by atoms with van der Waals surface area (Å²) in [7, 11) is 0. The molecule has 0 atom stereocenters. The number of carbonyl (C=O) groups is 1. The van der Waals surface area contributed by atoms with Crippen molar-refractivity contribution in [1.29, 1.82) is 0 Å². The molecular formula is C21H21N3O. The molecule has 4 rings (SSSR count). The van der Waals surface area contributed by atoms with Gasteiger partial charge in [-0.3, -0.25) is 9.89 Å². The van der Waals surface area contributed by atoms with Crippen molar-refractivity contribution in [3.8, 4) is 22.4 Å². The van der Waals surface area contributed by atoms with Crippen molar-refractivity contribution in [3.05, 3.63) is 65.9 Å². The monoisotopic (exact) mass is 331 g/mol. The summed E-state index contributed by atoms with van der Waals surface area (Å²) in [4.78, 5) is 14.0. The fourth-order valence-corrected chi connectivity index (χ4v) is 3.42. The fraction of sp³-hybridized carbons (Fsp3) is 0.238. The van der Waals surface area contributed by atoms with Gasteiger partial charge in [-0.2, -0.15) is 5.10 Å². The topological polar surface area (TPSA) is 49.0 Å². The quantitative estimate of drug-likeness (QED) is 0.787. The number of aromatic nitrogens is 2. The van der Waals surface area contributed by atoms with Gasteiger partial charge >= 0.3 is 0 Å². The van der Waals surface area contributed by atoms with Gasteiger partial charge in [0.25, 0.3) is 0 Å². The van der Waals surface area contributed by atoms with Crippen molar-refractivity contribution in [3.63, 3.8) is 0 Å². The molecule has 1 amide bonds. The van der Waals surface area contributed by atoms with E-state index in [4.69, 9.17) is 0 Å². The molecule has 2 heterocycles. The standard InChI is InChI=1S/C21H21N3O/c1-2-20(25)24-13-12-19-18(14-24)21(23-22-19)17-10-8-16(9-11-17)15-6-4-3-5-7-15/h3-11H,2,12-14H2,1H3,(H,22,23). The van der Waals surface area contributed by atoms with Gasteiger partial charge < -0.3 is 4.90 Å². The molecular weight excluding hydrogens is 310 g/mol. The number of benzene rings is 2. The molecule has 4 nitrogen and oxygen atoms in total. The Labute approximate surface area is 147 Å². The Bertz CT molecular complexity index is 881. The molecule has 1 aliphatic rings. The van der Waals surface area contributed by atoms with Crippen molar-refractivity contribution in [2.75, 3.05) is 6.54 Å². The Morgan fingerprint density at radius 1 is 1.04 bits per heavy atom. The number of amides is 1. The van der Waals surface area contributed by atoms with E-state index in [2.05, 4.69) is 46.6 Å². The maximum atomic E-state index is 12.0. The van der Waals surface area contributed by atoms with Crippen molar-refractivity contribution in [2.45, 2.75) is 26.3 Å². The molecule has 0 unspecified atom stereocenters. The second kappa shape index (κ2) is 6.55. The SMILES string of the molecule is CCC(=O)N1CCc2[nH]nc(-c3ccc(-c4ccccc4)cc3)c2C1. The first-order valence-electron chi connectivity index (χ1n) is 8.76. The molecule has 0 aliphatic carbocycles. The third kappa shape index (κ3) is 2.95. The lowest BCUT2D eigenvalue weighted by atomic mass is 9.98. The van der Waals surface area contributed by atoms with Crippen LogP contribution in [0.25, 0.3) is 22.4 Å². The summed E-state index contributed by atoms with van der Waals surface area (Å²) in [5, 5.41) is 7.69. The number of aromatic amines is 1. The van der Waals surface area contributed by atoms with E-state index in [9.17, 15) is 4.79 Å². The average molecular weight is 331 g/mol. The largest absolute Gasteiger partial charge is 0.338 e. The number of carbonyl (C=O) groups excluding carboxylic acids is 1. The van der Waals surface area contributed by atoms with Crippen LogP contribution in [0, 0.1) is 0 Å². The van der Waals surface area contributed by atoms with Crippen LogP contribution in [0.15, 0.2) is 54.6 Å².